The molecule has 10 unspecified atom stereocenters. The first-order chi connectivity index (χ1) is 22.1. The van der Waals surface area contributed by atoms with Crippen molar-refractivity contribution in [3.05, 3.63) is 11.6 Å². The lowest BCUT2D eigenvalue weighted by Gasteiger charge is -2.48. The van der Waals surface area contributed by atoms with Gasteiger partial charge in [0.15, 0.2) is 18.7 Å². The maximum Gasteiger partial charge on any atom is 0.311 e. The van der Waals surface area contributed by atoms with E-state index in [2.05, 4.69) is 19.9 Å². The van der Waals surface area contributed by atoms with Crippen LogP contribution in [0.15, 0.2) is 11.6 Å². The van der Waals surface area contributed by atoms with Crippen LogP contribution in [0.3, 0.4) is 0 Å². The van der Waals surface area contributed by atoms with Crippen LogP contribution in [0.4, 0.5) is 0 Å². The molecule has 4 rings (SSSR count). The van der Waals surface area contributed by atoms with E-state index in [-0.39, 0.29) is 17.9 Å². The fraction of sp³-hybridized carbons (Fsp3) is 0.906. The molecule has 47 heavy (non-hydrogen) atoms. The maximum absolute atomic E-state index is 13.8. The number of allylic oxidation sites excluding steroid dienone is 2. The van der Waals surface area contributed by atoms with Gasteiger partial charge in [-0.3, -0.25) is 4.79 Å². The van der Waals surface area contributed by atoms with Gasteiger partial charge < -0.3 is 69.9 Å². The summed E-state index contributed by atoms with van der Waals surface area (Å²) in [5, 5.41) is 72.8. The normalized spacial score (nSPS) is 46.2. The number of carbonyl (C=O) groups is 1. The molecule has 3 aliphatic heterocycles. The Labute approximate surface area is 275 Å². The molecule has 4 fully saturated rings. The molecule has 0 spiro atoms. The highest BCUT2D eigenvalue weighted by molar-refractivity contribution is 5.73. The van der Waals surface area contributed by atoms with E-state index >= 15 is 0 Å². The van der Waals surface area contributed by atoms with Crippen molar-refractivity contribution < 1.29 is 69.0 Å². The summed E-state index contributed by atoms with van der Waals surface area (Å²) in [6, 6.07) is -1.14. The van der Waals surface area contributed by atoms with Crippen molar-refractivity contribution in [2.75, 3.05) is 19.8 Å². The van der Waals surface area contributed by atoms with E-state index in [9.17, 15) is 40.5 Å². The molecular formula is C32H55NO14. The van der Waals surface area contributed by atoms with Crippen LogP contribution >= 0.6 is 0 Å². The zero-order valence-corrected chi connectivity index (χ0v) is 27.8. The van der Waals surface area contributed by atoms with E-state index in [4.69, 9.17) is 34.2 Å². The third-order valence-electron chi connectivity index (χ3n) is 10.1. The summed E-state index contributed by atoms with van der Waals surface area (Å²) in [6.45, 7) is 8.36. The van der Waals surface area contributed by atoms with E-state index in [1.165, 1.54) is 6.92 Å². The molecule has 0 amide bonds. The van der Waals surface area contributed by atoms with E-state index < -0.39 is 111 Å². The minimum Gasteiger partial charge on any atom is -0.432 e. The molecule has 4 aliphatic rings. The first-order valence-electron chi connectivity index (χ1n) is 16.6. The van der Waals surface area contributed by atoms with Gasteiger partial charge in [-0.2, -0.15) is 0 Å². The summed E-state index contributed by atoms with van der Waals surface area (Å²) in [6.07, 6.45) is -11.3. The Balaban J connectivity index is 1.52. The second kappa shape index (κ2) is 16.1. The summed E-state index contributed by atoms with van der Waals surface area (Å²) in [5.41, 5.74) is 7.29. The molecule has 0 aromatic rings. The van der Waals surface area contributed by atoms with Crippen molar-refractivity contribution in [3.8, 4) is 0 Å². The van der Waals surface area contributed by atoms with Gasteiger partial charge in [0, 0.05) is 0 Å². The van der Waals surface area contributed by atoms with Gasteiger partial charge in [-0.15, -0.1) is 0 Å². The lowest BCUT2D eigenvalue weighted by atomic mass is 9.65. The SMILES string of the molecule is CC/C=C(\C)C1CC(C)(C)CCC1C(=O)O[C@@H]1OC(CO)[C@H](N)C(O)C1O[C@@H]1OC(C)[C@H](O[C@@H]2OC[C@@H](O)C(O)C2O)C(O)C1CO. The fourth-order valence-corrected chi connectivity index (χ4v) is 7.17. The number of hydrogen-bond acceptors (Lipinski definition) is 15. The first-order valence-corrected chi connectivity index (χ1v) is 16.6. The van der Waals surface area contributed by atoms with Crippen LogP contribution < -0.4 is 5.73 Å². The van der Waals surface area contributed by atoms with Crippen LogP contribution in [-0.4, -0.2) is 141 Å². The zero-order chi connectivity index (χ0) is 34.8. The van der Waals surface area contributed by atoms with Crippen molar-refractivity contribution in [1.82, 2.24) is 0 Å². The second-order valence-corrected chi connectivity index (χ2v) is 14.2. The van der Waals surface area contributed by atoms with Gasteiger partial charge in [-0.1, -0.05) is 32.4 Å². The lowest BCUT2D eigenvalue weighted by molar-refractivity contribution is -0.364. The standard InChI is InChI=1S/C32H55NO14/c1-6-7-14(2)17-10-32(4,5)9-8-16(17)28(41)47-31-27(24(39)21(33)20(12-35)44-31)46-29-18(11-34)22(37)26(15(3)43-29)45-30-25(40)23(38)19(36)13-42-30/h7,15-27,29-31,34-40H,6,8-13,33H2,1-5H3/b14-7+/t15?,16?,17?,18?,19-,20?,21+,22?,23?,24?,25?,26+,27?,29+,30+,31+/m1/s1. The van der Waals surface area contributed by atoms with Gasteiger partial charge in [-0.05, 0) is 50.9 Å². The Hall–Kier alpha value is -1.31. The van der Waals surface area contributed by atoms with Crippen molar-refractivity contribution in [2.45, 2.75) is 140 Å². The molecule has 15 heteroatoms. The van der Waals surface area contributed by atoms with E-state index in [0.717, 1.165) is 24.8 Å². The number of hydrogen-bond donors (Lipinski definition) is 8. The number of carbonyl (C=O) groups excluding carboxylic acids is 1. The molecule has 1 aliphatic carbocycles. The number of rotatable bonds is 10. The van der Waals surface area contributed by atoms with Gasteiger partial charge in [0.2, 0.25) is 6.29 Å². The predicted octanol–water partition coefficient (Wildman–Crippen LogP) is -1.34. The van der Waals surface area contributed by atoms with Crippen LogP contribution in [0.1, 0.15) is 60.3 Å². The van der Waals surface area contributed by atoms with E-state index in [1.807, 2.05) is 13.8 Å². The van der Waals surface area contributed by atoms with Crippen molar-refractivity contribution in [3.63, 3.8) is 0 Å². The molecule has 9 N–H and O–H groups in total. The number of ether oxygens (including phenoxy) is 6. The molecular weight excluding hydrogens is 622 g/mol. The molecule has 15 nitrogen and oxygen atoms in total. The Morgan fingerprint density at radius 3 is 2.23 bits per heavy atom. The summed E-state index contributed by atoms with van der Waals surface area (Å²) in [4.78, 5) is 13.8. The fourth-order valence-electron chi connectivity index (χ4n) is 7.17. The van der Waals surface area contributed by atoms with Gasteiger partial charge in [0.1, 0.15) is 36.6 Å². The van der Waals surface area contributed by atoms with Crippen LogP contribution in [0.2, 0.25) is 0 Å². The molecule has 0 aromatic heterocycles. The van der Waals surface area contributed by atoms with E-state index in [0.29, 0.717) is 6.42 Å². The average molecular weight is 678 g/mol. The molecule has 3 saturated heterocycles. The third-order valence-corrected chi connectivity index (χ3v) is 10.1. The van der Waals surface area contributed by atoms with Crippen molar-refractivity contribution in [1.29, 1.82) is 0 Å². The molecule has 0 aromatic carbocycles. The monoisotopic (exact) mass is 677 g/mol. The summed E-state index contributed by atoms with van der Waals surface area (Å²) < 4.78 is 34.9. The minimum absolute atomic E-state index is 0.0290. The second-order valence-electron chi connectivity index (χ2n) is 14.2. The van der Waals surface area contributed by atoms with Gasteiger partial charge in [-0.25, -0.2) is 0 Å². The quantitative estimate of drug-likeness (QED) is 0.0986. The van der Waals surface area contributed by atoms with Crippen LogP contribution in [0.5, 0.6) is 0 Å². The molecule has 0 bridgehead atoms. The Morgan fingerprint density at radius 2 is 1.60 bits per heavy atom. The van der Waals surface area contributed by atoms with Crippen molar-refractivity contribution >= 4 is 5.97 Å². The predicted molar refractivity (Wildman–Crippen MR) is 163 cm³/mol. The Bertz CT molecular complexity index is 1060. The zero-order valence-electron chi connectivity index (χ0n) is 27.8. The molecule has 0 radical (unpaired) electrons. The number of aliphatic hydroxyl groups excluding tert-OH is 7. The van der Waals surface area contributed by atoms with E-state index in [1.54, 1.807) is 0 Å². The Morgan fingerprint density at radius 1 is 0.915 bits per heavy atom. The highest BCUT2D eigenvalue weighted by atomic mass is 16.8. The average Bonchev–Trinajstić information content (AvgIpc) is 3.02. The maximum atomic E-state index is 13.8. The molecule has 1 saturated carbocycles. The third kappa shape index (κ3) is 8.53. The highest BCUT2D eigenvalue weighted by Gasteiger charge is 2.53. The summed E-state index contributed by atoms with van der Waals surface area (Å²) >= 11 is 0. The van der Waals surface area contributed by atoms with Gasteiger partial charge in [0.25, 0.3) is 0 Å². The molecule has 272 valence electrons. The first kappa shape index (κ1) is 38.5. The van der Waals surface area contributed by atoms with Crippen LogP contribution in [-0.2, 0) is 33.2 Å². The largest absolute Gasteiger partial charge is 0.432 e. The van der Waals surface area contributed by atoms with Gasteiger partial charge in [0.05, 0.1) is 49.9 Å². The van der Waals surface area contributed by atoms with Crippen LogP contribution in [0, 0.1) is 23.2 Å². The van der Waals surface area contributed by atoms with Crippen LogP contribution in [0.25, 0.3) is 0 Å². The molecule has 3 heterocycles. The van der Waals surface area contributed by atoms with Gasteiger partial charge >= 0.3 is 5.97 Å². The smallest absolute Gasteiger partial charge is 0.311 e. The molecule has 16 atom stereocenters. The topological polar surface area (TPSA) is 240 Å². The minimum atomic E-state index is -1.62. The highest BCUT2D eigenvalue weighted by Crippen LogP contribution is 2.46. The summed E-state index contributed by atoms with van der Waals surface area (Å²) in [7, 11) is 0. The lowest BCUT2D eigenvalue weighted by Crippen LogP contribution is -2.66. The van der Waals surface area contributed by atoms with Crippen molar-refractivity contribution in [2.24, 2.45) is 28.9 Å². The number of esters is 1. The Kier molecular flexibility index (Phi) is 13.2. The summed E-state index contributed by atoms with van der Waals surface area (Å²) in [5.74, 6) is -2.27. The number of aliphatic hydroxyl groups is 7. The number of nitrogens with two attached hydrogens (primary N) is 1.